The molecule has 1 aromatic heterocycles. The Kier molecular flexibility index (Phi) is 5.04. The van der Waals surface area contributed by atoms with Gasteiger partial charge in [-0.3, -0.25) is 14.2 Å². The molecule has 0 aliphatic carbocycles. The number of nitrogens with zero attached hydrogens (tertiary/aromatic N) is 1. The summed E-state index contributed by atoms with van der Waals surface area (Å²) < 4.78 is 1.82. The lowest BCUT2D eigenvalue weighted by molar-refractivity contribution is 0.0954. The number of hydrogen-bond donors (Lipinski definition) is 2. The van der Waals surface area contributed by atoms with Crippen LogP contribution in [-0.2, 0) is 0 Å². The fraction of sp³-hybridized carbons (Fsp3) is 0.250. The maximum atomic E-state index is 13.0. The lowest BCUT2D eigenvalue weighted by Gasteiger charge is -2.13. The fourth-order valence-electron chi connectivity index (χ4n) is 2.90. The number of amides is 1. The normalized spacial score (nSPS) is 10.9. The zero-order chi connectivity index (χ0) is 18.8. The average Bonchev–Trinajstić information content (AvgIpc) is 2.62. The summed E-state index contributed by atoms with van der Waals surface area (Å²) in [5, 5.41) is 3.32. The van der Waals surface area contributed by atoms with Crippen LogP contribution in [0.3, 0.4) is 0 Å². The van der Waals surface area contributed by atoms with Crippen molar-refractivity contribution in [1.82, 2.24) is 14.9 Å². The van der Waals surface area contributed by atoms with Crippen LogP contribution in [0.25, 0.3) is 16.6 Å². The zero-order valence-electron chi connectivity index (χ0n) is 15.1. The summed E-state index contributed by atoms with van der Waals surface area (Å²) in [4.78, 5) is 28.3. The molecular weight excluding hydrogens is 346 g/mol. The number of nitrogens with one attached hydrogen (secondary N) is 2. The van der Waals surface area contributed by atoms with E-state index in [9.17, 15) is 9.59 Å². The van der Waals surface area contributed by atoms with Crippen molar-refractivity contribution in [3.8, 4) is 5.69 Å². The van der Waals surface area contributed by atoms with Crippen molar-refractivity contribution in [3.63, 3.8) is 0 Å². The number of aromatic amines is 1. The van der Waals surface area contributed by atoms with E-state index in [1.54, 1.807) is 18.2 Å². The molecule has 0 atom stereocenters. The third-order valence-corrected chi connectivity index (χ3v) is 4.80. The number of rotatable bonds is 4. The highest BCUT2D eigenvalue weighted by atomic mass is 32.1. The molecule has 6 heteroatoms. The second-order valence-corrected chi connectivity index (χ2v) is 6.69. The third-order valence-electron chi connectivity index (χ3n) is 4.51. The first kappa shape index (κ1) is 18.1. The van der Waals surface area contributed by atoms with E-state index in [2.05, 4.69) is 10.3 Å². The second-order valence-electron chi connectivity index (χ2n) is 6.31. The van der Waals surface area contributed by atoms with Gasteiger partial charge in [0.25, 0.3) is 11.5 Å². The monoisotopic (exact) mass is 367 g/mol. The van der Waals surface area contributed by atoms with E-state index in [1.807, 2.05) is 39.0 Å². The second kappa shape index (κ2) is 7.25. The maximum Gasteiger partial charge on any atom is 0.266 e. The van der Waals surface area contributed by atoms with Crippen molar-refractivity contribution < 1.29 is 4.79 Å². The van der Waals surface area contributed by atoms with Crippen LogP contribution in [0.2, 0.25) is 0 Å². The van der Waals surface area contributed by atoms with Gasteiger partial charge in [-0.2, -0.15) is 0 Å². The molecule has 0 unspecified atom stereocenters. The molecule has 0 fully saturated rings. The molecule has 0 spiro atoms. The van der Waals surface area contributed by atoms with Gasteiger partial charge in [0.05, 0.1) is 16.6 Å². The minimum absolute atomic E-state index is 0.160. The minimum atomic E-state index is -0.196. The van der Waals surface area contributed by atoms with Gasteiger partial charge in [-0.1, -0.05) is 19.1 Å². The Labute approximate surface area is 156 Å². The first-order chi connectivity index (χ1) is 12.4. The summed E-state index contributed by atoms with van der Waals surface area (Å²) in [6.45, 7) is 6.57. The third kappa shape index (κ3) is 3.20. The molecule has 1 amide bonds. The van der Waals surface area contributed by atoms with E-state index < -0.39 is 0 Å². The molecule has 3 rings (SSSR count). The SMILES string of the molecule is CCCNC(=O)c1ccc2c(=O)n(-c3cccc(C)c3C)c(=S)[nH]c2c1. The molecule has 0 saturated carbocycles. The summed E-state index contributed by atoms with van der Waals surface area (Å²) >= 11 is 5.44. The Hall–Kier alpha value is -2.73. The molecule has 2 aromatic carbocycles. The van der Waals surface area contributed by atoms with Crippen LogP contribution in [0.1, 0.15) is 34.8 Å². The summed E-state index contributed by atoms with van der Waals surface area (Å²) in [5.41, 5.74) is 3.72. The van der Waals surface area contributed by atoms with Crippen molar-refractivity contribution in [3.05, 3.63) is 68.2 Å². The maximum absolute atomic E-state index is 13.0. The Morgan fingerprint density at radius 3 is 2.73 bits per heavy atom. The van der Waals surface area contributed by atoms with Crippen molar-refractivity contribution in [1.29, 1.82) is 0 Å². The lowest BCUT2D eigenvalue weighted by atomic mass is 10.1. The highest BCUT2D eigenvalue weighted by molar-refractivity contribution is 7.71. The van der Waals surface area contributed by atoms with Gasteiger partial charge in [-0.15, -0.1) is 0 Å². The van der Waals surface area contributed by atoms with Crippen LogP contribution < -0.4 is 10.9 Å². The average molecular weight is 367 g/mol. The number of aromatic nitrogens is 2. The molecule has 1 heterocycles. The number of carbonyl (C=O) groups is 1. The summed E-state index contributed by atoms with van der Waals surface area (Å²) in [6.07, 6.45) is 0.863. The summed E-state index contributed by atoms with van der Waals surface area (Å²) in [5.74, 6) is -0.160. The zero-order valence-corrected chi connectivity index (χ0v) is 15.9. The minimum Gasteiger partial charge on any atom is -0.352 e. The highest BCUT2D eigenvalue weighted by Gasteiger charge is 2.12. The number of benzene rings is 2. The van der Waals surface area contributed by atoms with Crippen LogP contribution in [0.15, 0.2) is 41.2 Å². The summed E-state index contributed by atoms with van der Waals surface area (Å²) in [7, 11) is 0. The molecule has 0 radical (unpaired) electrons. The van der Waals surface area contributed by atoms with Crippen molar-refractivity contribution in [2.75, 3.05) is 6.54 Å². The molecule has 0 saturated heterocycles. The first-order valence-corrected chi connectivity index (χ1v) is 8.98. The molecule has 134 valence electrons. The fourth-order valence-corrected chi connectivity index (χ4v) is 3.19. The van der Waals surface area contributed by atoms with Gasteiger partial charge >= 0.3 is 0 Å². The molecule has 0 bridgehead atoms. The number of fused-ring (bicyclic) bond motifs is 1. The van der Waals surface area contributed by atoms with Gasteiger partial charge in [0.15, 0.2) is 4.77 Å². The summed E-state index contributed by atoms with van der Waals surface area (Å²) in [6, 6.07) is 10.8. The standard InChI is InChI=1S/C20H21N3O2S/c1-4-10-21-18(24)14-8-9-15-16(11-14)22-20(26)23(19(15)25)17-7-5-6-12(2)13(17)3/h5-9,11H,4,10H2,1-3H3,(H,21,24)(H,22,26). The first-order valence-electron chi connectivity index (χ1n) is 8.58. The quantitative estimate of drug-likeness (QED) is 0.689. The van der Waals surface area contributed by atoms with Crippen LogP contribution in [-0.4, -0.2) is 22.0 Å². The van der Waals surface area contributed by atoms with Gasteiger partial charge in [0.2, 0.25) is 0 Å². The van der Waals surface area contributed by atoms with Gasteiger partial charge < -0.3 is 10.3 Å². The predicted octanol–water partition coefficient (Wildman–Crippen LogP) is 3.80. The van der Waals surface area contributed by atoms with Crippen molar-refractivity contribution in [2.24, 2.45) is 0 Å². The number of aryl methyl sites for hydroxylation is 1. The molecule has 0 aliphatic heterocycles. The van der Waals surface area contributed by atoms with E-state index >= 15 is 0 Å². The van der Waals surface area contributed by atoms with Gasteiger partial charge in [-0.25, -0.2) is 0 Å². The lowest BCUT2D eigenvalue weighted by Crippen LogP contribution is -2.25. The Morgan fingerprint density at radius 1 is 1.23 bits per heavy atom. The molecule has 0 aliphatic rings. The van der Waals surface area contributed by atoms with Crippen LogP contribution >= 0.6 is 12.2 Å². The molecule has 26 heavy (non-hydrogen) atoms. The van der Waals surface area contributed by atoms with Gasteiger partial charge in [0, 0.05) is 12.1 Å². The molecule has 3 aromatic rings. The van der Waals surface area contributed by atoms with E-state index in [1.165, 1.54) is 4.57 Å². The van der Waals surface area contributed by atoms with Crippen molar-refractivity contribution in [2.45, 2.75) is 27.2 Å². The molecule has 2 N–H and O–H groups in total. The van der Waals surface area contributed by atoms with E-state index in [4.69, 9.17) is 12.2 Å². The van der Waals surface area contributed by atoms with Crippen LogP contribution in [0.4, 0.5) is 0 Å². The Balaban J connectivity index is 2.18. The number of H-pyrrole nitrogens is 1. The molecular formula is C20H21N3O2S. The number of hydrogen-bond acceptors (Lipinski definition) is 3. The topological polar surface area (TPSA) is 66.9 Å². The van der Waals surface area contributed by atoms with E-state index in [-0.39, 0.29) is 11.5 Å². The number of carbonyl (C=O) groups excluding carboxylic acids is 1. The van der Waals surface area contributed by atoms with Crippen molar-refractivity contribution >= 4 is 29.0 Å². The van der Waals surface area contributed by atoms with E-state index in [0.29, 0.717) is 27.8 Å². The van der Waals surface area contributed by atoms with E-state index in [0.717, 1.165) is 23.2 Å². The van der Waals surface area contributed by atoms with Gasteiger partial charge in [0.1, 0.15) is 0 Å². The Morgan fingerprint density at radius 2 is 2.00 bits per heavy atom. The predicted molar refractivity (Wildman–Crippen MR) is 107 cm³/mol. The largest absolute Gasteiger partial charge is 0.352 e. The van der Waals surface area contributed by atoms with Gasteiger partial charge in [-0.05, 0) is 67.9 Å². The van der Waals surface area contributed by atoms with Crippen LogP contribution in [0.5, 0.6) is 0 Å². The van der Waals surface area contributed by atoms with Crippen LogP contribution in [0, 0.1) is 18.6 Å². The molecule has 5 nitrogen and oxygen atoms in total. The highest BCUT2D eigenvalue weighted by Crippen LogP contribution is 2.18. The smallest absolute Gasteiger partial charge is 0.266 e. The Bertz CT molecular complexity index is 1110.